The van der Waals surface area contributed by atoms with E-state index in [2.05, 4.69) is 5.10 Å². The van der Waals surface area contributed by atoms with Crippen LogP contribution >= 0.6 is 11.6 Å². The van der Waals surface area contributed by atoms with Crippen LogP contribution in [0.15, 0.2) is 24.3 Å². The number of rotatable bonds is 5. The van der Waals surface area contributed by atoms with Crippen LogP contribution in [0.2, 0.25) is 5.15 Å². The number of halogens is 1. The van der Waals surface area contributed by atoms with Gasteiger partial charge >= 0.3 is 0 Å². The Balaban J connectivity index is 1.86. The number of ether oxygens (including phenoxy) is 1. The molecule has 102 valence electrons. The van der Waals surface area contributed by atoms with E-state index in [4.69, 9.17) is 22.1 Å². The van der Waals surface area contributed by atoms with Crippen molar-refractivity contribution in [1.29, 1.82) is 0 Å². The molecule has 0 bridgehead atoms. The number of para-hydroxylation sites is 1. The molecule has 0 unspecified atom stereocenters. The monoisotopic (exact) mass is 279 g/mol. The van der Waals surface area contributed by atoms with Gasteiger partial charge in [0.2, 0.25) is 0 Å². The molecular weight excluding hydrogens is 262 g/mol. The quantitative estimate of drug-likeness (QED) is 0.676. The lowest BCUT2D eigenvalue weighted by Gasteiger charge is -2.06. The molecule has 0 amide bonds. The molecule has 0 saturated carbocycles. The summed E-state index contributed by atoms with van der Waals surface area (Å²) < 4.78 is 7.32. The number of hydrogen-bond donors (Lipinski definition) is 1. The van der Waals surface area contributed by atoms with Crippen molar-refractivity contribution in [2.24, 2.45) is 7.05 Å². The van der Waals surface area contributed by atoms with Crippen molar-refractivity contribution in [1.82, 2.24) is 9.78 Å². The van der Waals surface area contributed by atoms with E-state index in [1.165, 1.54) is 0 Å². The van der Waals surface area contributed by atoms with Crippen molar-refractivity contribution in [3.8, 4) is 0 Å². The summed E-state index contributed by atoms with van der Waals surface area (Å²) in [4.78, 5) is 0. The van der Waals surface area contributed by atoms with Gasteiger partial charge in [-0.15, -0.1) is 0 Å². The molecule has 0 saturated heterocycles. The maximum Gasteiger partial charge on any atom is 0.132 e. The minimum atomic E-state index is 0.477. The minimum Gasteiger partial charge on any atom is -0.399 e. The van der Waals surface area contributed by atoms with Gasteiger partial charge in [-0.2, -0.15) is 5.10 Å². The van der Waals surface area contributed by atoms with Gasteiger partial charge in [-0.3, -0.25) is 4.68 Å². The van der Waals surface area contributed by atoms with Crippen LogP contribution in [-0.2, 0) is 24.8 Å². The van der Waals surface area contributed by atoms with Crippen LogP contribution in [0.4, 0.5) is 5.69 Å². The Morgan fingerprint density at radius 1 is 1.37 bits per heavy atom. The van der Waals surface area contributed by atoms with Gasteiger partial charge in [0.25, 0.3) is 0 Å². The highest BCUT2D eigenvalue weighted by Gasteiger charge is 2.10. The predicted octanol–water partition coefficient (Wildman–Crippen LogP) is 2.72. The second-order valence-electron chi connectivity index (χ2n) is 4.48. The van der Waals surface area contributed by atoms with E-state index in [-0.39, 0.29) is 0 Å². The van der Waals surface area contributed by atoms with Crippen LogP contribution in [0.25, 0.3) is 0 Å². The number of nitrogens with two attached hydrogens (primary N) is 1. The summed E-state index contributed by atoms with van der Waals surface area (Å²) in [7, 11) is 1.82. The molecule has 5 heteroatoms. The van der Waals surface area contributed by atoms with Crippen molar-refractivity contribution in [3.63, 3.8) is 0 Å². The summed E-state index contributed by atoms with van der Waals surface area (Å²) in [6.45, 7) is 3.02. The van der Waals surface area contributed by atoms with Crippen LogP contribution < -0.4 is 5.73 Å². The second-order valence-corrected chi connectivity index (χ2v) is 4.84. The fraction of sp³-hybridized carbons (Fsp3) is 0.357. The normalized spacial score (nSPS) is 10.9. The lowest BCUT2D eigenvalue weighted by molar-refractivity contribution is 0.123. The Labute approximate surface area is 118 Å². The largest absolute Gasteiger partial charge is 0.399 e. The number of anilines is 1. The number of aromatic nitrogens is 2. The summed E-state index contributed by atoms with van der Waals surface area (Å²) >= 11 is 6.14. The van der Waals surface area contributed by atoms with E-state index in [1.54, 1.807) is 4.68 Å². The molecule has 0 aliphatic carbocycles. The maximum absolute atomic E-state index is 6.14. The highest BCUT2D eigenvalue weighted by atomic mass is 35.5. The Morgan fingerprint density at radius 3 is 2.74 bits per heavy atom. The average molecular weight is 280 g/mol. The Kier molecular flexibility index (Phi) is 4.45. The molecule has 19 heavy (non-hydrogen) atoms. The number of hydrogen-bond acceptors (Lipinski definition) is 3. The van der Waals surface area contributed by atoms with Gasteiger partial charge in [-0.05, 0) is 25.0 Å². The minimum absolute atomic E-state index is 0.477. The average Bonchev–Trinajstić information content (AvgIpc) is 2.62. The highest BCUT2D eigenvalue weighted by Crippen LogP contribution is 2.19. The molecule has 0 radical (unpaired) electrons. The molecular formula is C14H18ClN3O. The van der Waals surface area contributed by atoms with Gasteiger partial charge in [-0.25, -0.2) is 0 Å². The van der Waals surface area contributed by atoms with Gasteiger partial charge in [0.1, 0.15) is 5.15 Å². The Morgan fingerprint density at radius 2 is 2.11 bits per heavy atom. The maximum atomic E-state index is 6.14. The molecule has 2 aromatic rings. The fourth-order valence-corrected chi connectivity index (χ4v) is 2.19. The zero-order chi connectivity index (χ0) is 13.8. The summed E-state index contributed by atoms with van der Waals surface area (Å²) in [6, 6.07) is 7.82. The van der Waals surface area contributed by atoms with E-state index in [9.17, 15) is 0 Å². The van der Waals surface area contributed by atoms with Gasteiger partial charge in [0, 0.05) is 18.3 Å². The van der Waals surface area contributed by atoms with Crippen LogP contribution in [0, 0.1) is 6.92 Å². The van der Waals surface area contributed by atoms with Crippen molar-refractivity contribution in [2.45, 2.75) is 20.0 Å². The van der Waals surface area contributed by atoms with Crippen molar-refractivity contribution < 1.29 is 4.74 Å². The van der Waals surface area contributed by atoms with Crippen LogP contribution in [-0.4, -0.2) is 16.4 Å². The molecule has 0 aliphatic heterocycles. The van der Waals surface area contributed by atoms with Gasteiger partial charge in [0.15, 0.2) is 0 Å². The first-order valence-corrected chi connectivity index (χ1v) is 6.56. The summed E-state index contributed by atoms with van der Waals surface area (Å²) in [5.41, 5.74) is 9.65. The van der Waals surface area contributed by atoms with Gasteiger partial charge in [0.05, 0.1) is 18.9 Å². The third-order valence-electron chi connectivity index (χ3n) is 3.09. The molecule has 1 aromatic carbocycles. The first kappa shape index (κ1) is 13.9. The van der Waals surface area contributed by atoms with E-state index >= 15 is 0 Å². The van der Waals surface area contributed by atoms with E-state index in [0.29, 0.717) is 18.4 Å². The lowest BCUT2D eigenvalue weighted by Crippen LogP contribution is -2.02. The van der Waals surface area contributed by atoms with E-state index in [1.807, 2.05) is 38.2 Å². The molecule has 4 nitrogen and oxygen atoms in total. The number of nitrogen functional groups attached to an aromatic ring is 1. The van der Waals surface area contributed by atoms with Crippen molar-refractivity contribution in [3.05, 3.63) is 46.2 Å². The van der Waals surface area contributed by atoms with Crippen LogP contribution in [0.1, 0.15) is 16.8 Å². The topological polar surface area (TPSA) is 53.1 Å². The molecule has 0 aliphatic rings. The third-order valence-corrected chi connectivity index (χ3v) is 3.56. The van der Waals surface area contributed by atoms with E-state index < -0.39 is 0 Å². The number of aryl methyl sites for hydroxylation is 2. The summed E-state index contributed by atoms with van der Waals surface area (Å²) in [5.74, 6) is 0. The van der Waals surface area contributed by atoms with Gasteiger partial charge in [-0.1, -0.05) is 29.8 Å². The Bertz CT molecular complexity index is 566. The second kappa shape index (κ2) is 6.08. The molecule has 1 aromatic heterocycles. The lowest BCUT2D eigenvalue weighted by atomic mass is 10.1. The van der Waals surface area contributed by atoms with Gasteiger partial charge < -0.3 is 10.5 Å². The van der Waals surface area contributed by atoms with Crippen LogP contribution in [0.3, 0.4) is 0 Å². The van der Waals surface area contributed by atoms with Crippen molar-refractivity contribution >= 4 is 17.3 Å². The van der Waals surface area contributed by atoms with Crippen LogP contribution in [0.5, 0.6) is 0 Å². The molecule has 0 fully saturated rings. The fourth-order valence-electron chi connectivity index (χ4n) is 1.96. The Hall–Kier alpha value is -1.52. The molecule has 0 spiro atoms. The molecule has 2 N–H and O–H groups in total. The molecule has 0 atom stereocenters. The molecule has 2 rings (SSSR count). The number of nitrogens with zero attached hydrogens (tertiary/aromatic N) is 2. The van der Waals surface area contributed by atoms with Crippen molar-refractivity contribution in [2.75, 3.05) is 12.3 Å². The smallest absolute Gasteiger partial charge is 0.132 e. The third kappa shape index (κ3) is 3.28. The molecule has 1 heterocycles. The SMILES string of the molecule is Cc1nn(C)c(Cl)c1COCCc1ccccc1N. The summed E-state index contributed by atoms with van der Waals surface area (Å²) in [6.07, 6.45) is 0.795. The number of benzene rings is 1. The van der Waals surface area contributed by atoms with E-state index in [0.717, 1.165) is 28.9 Å². The highest BCUT2D eigenvalue weighted by molar-refractivity contribution is 6.30. The predicted molar refractivity (Wildman–Crippen MR) is 77.2 cm³/mol. The first-order valence-electron chi connectivity index (χ1n) is 6.18. The first-order chi connectivity index (χ1) is 9.09. The summed E-state index contributed by atoms with van der Waals surface area (Å²) in [5, 5.41) is 4.88. The zero-order valence-electron chi connectivity index (χ0n) is 11.2. The standard InChI is InChI=1S/C14H18ClN3O/c1-10-12(14(15)18(2)17-10)9-19-8-7-11-5-3-4-6-13(11)16/h3-6H,7-9,16H2,1-2H3. The zero-order valence-corrected chi connectivity index (χ0v) is 11.9.